The Morgan fingerprint density at radius 2 is 1.76 bits per heavy atom. The molecule has 0 saturated carbocycles. The van der Waals surface area contributed by atoms with Crippen LogP contribution in [0.15, 0.2) is 36.4 Å². The van der Waals surface area contributed by atoms with E-state index in [1.807, 2.05) is 17.4 Å². The summed E-state index contributed by atoms with van der Waals surface area (Å²) in [6, 6.07) is 12.6. The first-order chi connectivity index (χ1) is 8.28. The number of fused-ring (bicyclic) bond motifs is 3. The molecule has 0 fully saturated rings. The molecule has 0 bridgehead atoms. The molecule has 0 radical (unpaired) electrons. The van der Waals surface area contributed by atoms with E-state index in [1.54, 1.807) is 0 Å². The molecule has 3 rings (SSSR count). The Balaban J connectivity index is 2.31. The lowest BCUT2D eigenvalue weighted by Gasteiger charge is -2.02. The van der Waals surface area contributed by atoms with Gasteiger partial charge < -0.3 is 11.1 Å². The van der Waals surface area contributed by atoms with Crippen molar-refractivity contribution >= 4 is 42.9 Å². The van der Waals surface area contributed by atoms with Gasteiger partial charge in [-0.25, -0.2) is 0 Å². The maximum atomic E-state index is 5.86. The Hall–Kier alpha value is -1.74. The molecule has 0 aliphatic heterocycles. The van der Waals surface area contributed by atoms with Crippen molar-refractivity contribution < 1.29 is 0 Å². The normalized spacial score (nSPS) is 11.1. The second-order valence-electron chi connectivity index (χ2n) is 4.10. The molecule has 3 N–H and O–H groups in total. The highest BCUT2D eigenvalue weighted by Gasteiger charge is 2.05. The zero-order valence-electron chi connectivity index (χ0n) is 9.66. The van der Waals surface area contributed by atoms with Crippen LogP contribution in [-0.4, -0.2) is 6.54 Å². The minimum absolute atomic E-state index is 0.825. The van der Waals surface area contributed by atoms with E-state index in [4.69, 9.17) is 5.73 Å². The lowest BCUT2D eigenvalue weighted by molar-refractivity contribution is 1.22. The lowest BCUT2D eigenvalue weighted by atomic mass is 10.1. The van der Waals surface area contributed by atoms with Gasteiger partial charge in [-0.05, 0) is 43.3 Å². The summed E-state index contributed by atoms with van der Waals surface area (Å²) in [4.78, 5) is 0. The fourth-order valence-corrected chi connectivity index (χ4v) is 3.18. The third-order valence-electron chi connectivity index (χ3n) is 2.87. The lowest BCUT2D eigenvalue weighted by Crippen LogP contribution is -1.95. The number of nitrogens with one attached hydrogen (secondary N) is 1. The van der Waals surface area contributed by atoms with Crippen molar-refractivity contribution in [2.45, 2.75) is 6.92 Å². The van der Waals surface area contributed by atoms with E-state index >= 15 is 0 Å². The second kappa shape index (κ2) is 3.93. The van der Waals surface area contributed by atoms with Crippen LogP contribution in [0.25, 0.3) is 20.2 Å². The summed E-state index contributed by atoms with van der Waals surface area (Å²) >= 11 is 1.81. The van der Waals surface area contributed by atoms with Gasteiger partial charge in [-0.15, -0.1) is 11.3 Å². The molecule has 0 amide bonds. The van der Waals surface area contributed by atoms with E-state index < -0.39 is 0 Å². The third kappa shape index (κ3) is 1.72. The molecule has 0 unspecified atom stereocenters. The summed E-state index contributed by atoms with van der Waals surface area (Å²) in [5, 5.41) is 5.88. The number of anilines is 2. The van der Waals surface area contributed by atoms with Gasteiger partial charge in [0, 0.05) is 38.1 Å². The summed E-state index contributed by atoms with van der Waals surface area (Å²) in [5.74, 6) is 0. The van der Waals surface area contributed by atoms with Crippen LogP contribution in [0.3, 0.4) is 0 Å². The zero-order valence-corrected chi connectivity index (χ0v) is 10.5. The number of hydrogen-bond donors (Lipinski definition) is 2. The summed E-state index contributed by atoms with van der Waals surface area (Å²) < 4.78 is 2.61. The molecule has 86 valence electrons. The van der Waals surface area contributed by atoms with Crippen molar-refractivity contribution in [1.82, 2.24) is 0 Å². The standard InChI is InChI=1S/C14H14N2S/c1-2-16-10-4-6-14-12(8-10)11-7-9(15)3-5-13(11)17-14/h3-8,16H,2,15H2,1H3. The molecular weight excluding hydrogens is 228 g/mol. The number of rotatable bonds is 2. The van der Waals surface area contributed by atoms with Gasteiger partial charge >= 0.3 is 0 Å². The van der Waals surface area contributed by atoms with E-state index in [2.05, 4.69) is 42.6 Å². The van der Waals surface area contributed by atoms with Crippen molar-refractivity contribution in [3.8, 4) is 0 Å². The summed E-state index contributed by atoms with van der Waals surface area (Å²) in [6.07, 6.45) is 0. The van der Waals surface area contributed by atoms with Crippen molar-refractivity contribution in [1.29, 1.82) is 0 Å². The van der Waals surface area contributed by atoms with Crippen molar-refractivity contribution in [2.24, 2.45) is 0 Å². The fraction of sp³-hybridized carbons (Fsp3) is 0.143. The van der Waals surface area contributed by atoms with E-state index in [-0.39, 0.29) is 0 Å². The topological polar surface area (TPSA) is 38.0 Å². The number of thiophene rings is 1. The highest BCUT2D eigenvalue weighted by Crippen LogP contribution is 2.36. The molecule has 1 heterocycles. The van der Waals surface area contributed by atoms with Crippen molar-refractivity contribution in [3.05, 3.63) is 36.4 Å². The number of benzene rings is 2. The SMILES string of the molecule is CCNc1ccc2sc3ccc(N)cc3c2c1. The quantitative estimate of drug-likeness (QED) is 0.665. The van der Waals surface area contributed by atoms with Crippen LogP contribution >= 0.6 is 11.3 Å². The Morgan fingerprint density at radius 3 is 2.53 bits per heavy atom. The van der Waals surface area contributed by atoms with Gasteiger partial charge in [-0.3, -0.25) is 0 Å². The van der Waals surface area contributed by atoms with Gasteiger partial charge in [0.05, 0.1) is 0 Å². The van der Waals surface area contributed by atoms with Crippen LogP contribution in [0.1, 0.15) is 6.92 Å². The van der Waals surface area contributed by atoms with Crippen LogP contribution in [-0.2, 0) is 0 Å². The van der Waals surface area contributed by atoms with E-state index in [0.717, 1.165) is 12.2 Å². The minimum Gasteiger partial charge on any atom is -0.399 e. The molecule has 3 aromatic rings. The zero-order chi connectivity index (χ0) is 11.8. The van der Waals surface area contributed by atoms with Gasteiger partial charge in [0.1, 0.15) is 0 Å². The predicted molar refractivity (Wildman–Crippen MR) is 77.9 cm³/mol. The largest absolute Gasteiger partial charge is 0.399 e. The Labute approximate surface area is 104 Å². The second-order valence-corrected chi connectivity index (χ2v) is 5.18. The van der Waals surface area contributed by atoms with Crippen molar-refractivity contribution in [2.75, 3.05) is 17.6 Å². The summed E-state index contributed by atoms with van der Waals surface area (Å²) in [7, 11) is 0. The fourth-order valence-electron chi connectivity index (χ4n) is 2.11. The van der Waals surface area contributed by atoms with E-state index in [1.165, 1.54) is 25.9 Å². The molecule has 1 aromatic heterocycles. The van der Waals surface area contributed by atoms with Crippen LogP contribution in [0.2, 0.25) is 0 Å². The Bertz CT molecular complexity index is 685. The molecule has 0 saturated heterocycles. The first-order valence-electron chi connectivity index (χ1n) is 5.73. The number of hydrogen-bond acceptors (Lipinski definition) is 3. The average Bonchev–Trinajstić information content (AvgIpc) is 2.67. The van der Waals surface area contributed by atoms with Gasteiger partial charge in [0.2, 0.25) is 0 Å². The van der Waals surface area contributed by atoms with Crippen molar-refractivity contribution in [3.63, 3.8) is 0 Å². The highest BCUT2D eigenvalue weighted by molar-refractivity contribution is 7.25. The Kier molecular flexibility index (Phi) is 2.41. The van der Waals surface area contributed by atoms with Crippen LogP contribution in [0.4, 0.5) is 11.4 Å². The highest BCUT2D eigenvalue weighted by atomic mass is 32.1. The van der Waals surface area contributed by atoms with Gasteiger partial charge in [-0.2, -0.15) is 0 Å². The molecule has 0 aliphatic carbocycles. The van der Waals surface area contributed by atoms with Gasteiger partial charge in [-0.1, -0.05) is 0 Å². The average molecular weight is 242 g/mol. The number of nitrogen functional groups attached to an aromatic ring is 1. The Morgan fingerprint density at radius 1 is 1.06 bits per heavy atom. The minimum atomic E-state index is 0.825. The van der Waals surface area contributed by atoms with Crippen LogP contribution < -0.4 is 11.1 Å². The molecule has 0 aliphatic rings. The van der Waals surface area contributed by atoms with Crippen LogP contribution in [0.5, 0.6) is 0 Å². The monoisotopic (exact) mass is 242 g/mol. The molecule has 3 heteroatoms. The molecule has 0 spiro atoms. The molecular formula is C14H14N2S. The number of nitrogens with two attached hydrogens (primary N) is 1. The molecule has 2 aromatic carbocycles. The third-order valence-corrected chi connectivity index (χ3v) is 4.03. The smallest absolute Gasteiger partial charge is 0.0356 e. The molecule has 17 heavy (non-hydrogen) atoms. The van der Waals surface area contributed by atoms with Crippen LogP contribution in [0, 0.1) is 0 Å². The summed E-state index contributed by atoms with van der Waals surface area (Å²) in [5.41, 5.74) is 7.85. The molecule has 2 nitrogen and oxygen atoms in total. The van der Waals surface area contributed by atoms with E-state index in [9.17, 15) is 0 Å². The predicted octanol–water partition coefficient (Wildman–Crippen LogP) is 4.07. The first kappa shape index (κ1) is 10.4. The maximum absolute atomic E-state index is 5.86. The van der Waals surface area contributed by atoms with E-state index in [0.29, 0.717) is 0 Å². The van der Waals surface area contributed by atoms with Gasteiger partial charge in [0.25, 0.3) is 0 Å². The molecule has 0 atom stereocenters. The first-order valence-corrected chi connectivity index (χ1v) is 6.55. The van der Waals surface area contributed by atoms with Gasteiger partial charge in [0.15, 0.2) is 0 Å². The summed E-state index contributed by atoms with van der Waals surface area (Å²) in [6.45, 7) is 3.05. The maximum Gasteiger partial charge on any atom is 0.0356 e.